The summed E-state index contributed by atoms with van der Waals surface area (Å²) in [5.74, 6) is -0.114. The number of benzene rings is 1. The second kappa shape index (κ2) is 10.5. The molecule has 1 amide bonds. The molecule has 0 unspecified atom stereocenters. The number of aliphatic carboxylic acids is 1. The van der Waals surface area contributed by atoms with Crippen LogP contribution in [0.4, 0.5) is 5.13 Å². The summed E-state index contributed by atoms with van der Waals surface area (Å²) in [6, 6.07) is 5.25. The quantitative estimate of drug-likeness (QED) is 0.555. The fourth-order valence-corrected chi connectivity index (χ4v) is 4.51. The molecule has 0 saturated carbocycles. The Labute approximate surface area is 188 Å². The average Bonchev–Trinajstić information content (AvgIpc) is 3.27. The predicted octanol–water partition coefficient (Wildman–Crippen LogP) is 4.33. The maximum absolute atomic E-state index is 13.0. The second-order valence-electron chi connectivity index (χ2n) is 6.64. The van der Waals surface area contributed by atoms with Gasteiger partial charge in [0.2, 0.25) is 5.13 Å². The standard InChI is InChI=1S/C21H23N3O5S2/c1-4-8-24-19(27)17(31-21(24)23-20-22-13(2)12-30-20)11-14-5-6-15(16(10-14)28-3)29-9-7-18(25)26/h5-6,10-12H,4,7-9H2,1-3H3,(H,25,26)/b17-11+,23-21+. The SMILES string of the molecule is CCCN1C(=O)/C(=C\c2ccc(OCCC(=O)O)c(OC)c2)S/C1=N/c1nc(C)cs1. The van der Waals surface area contributed by atoms with E-state index in [0.717, 1.165) is 17.7 Å². The van der Waals surface area contributed by atoms with Gasteiger partial charge in [-0.25, -0.2) is 4.98 Å². The summed E-state index contributed by atoms with van der Waals surface area (Å²) >= 11 is 2.76. The Bertz CT molecular complexity index is 1030. The number of hydrogen-bond donors (Lipinski definition) is 1. The normalized spacial score (nSPS) is 16.4. The van der Waals surface area contributed by atoms with Gasteiger partial charge in [0, 0.05) is 11.9 Å². The molecule has 2 heterocycles. The highest BCUT2D eigenvalue weighted by Gasteiger charge is 2.33. The summed E-state index contributed by atoms with van der Waals surface area (Å²) in [5, 5.41) is 11.9. The molecule has 2 aromatic rings. The number of carboxylic acid groups (broad SMARTS) is 1. The molecule has 1 aliphatic heterocycles. The van der Waals surface area contributed by atoms with E-state index in [1.807, 2.05) is 19.2 Å². The molecule has 1 N–H and O–H groups in total. The van der Waals surface area contributed by atoms with E-state index in [1.165, 1.54) is 30.2 Å². The van der Waals surface area contributed by atoms with Crippen LogP contribution in [0.5, 0.6) is 11.5 Å². The van der Waals surface area contributed by atoms with Gasteiger partial charge in [0.1, 0.15) is 0 Å². The van der Waals surface area contributed by atoms with Crippen molar-refractivity contribution in [2.45, 2.75) is 26.7 Å². The Morgan fingerprint density at radius 2 is 2.16 bits per heavy atom. The molecule has 1 aliphatic rings. The Kier molecular flexibility index (Phi) is 7.69. The van der Waals surface area contributed by atoms with Crippen molar-refractivity contribution in [1.29, 1.82) is 0 Å². The van der Waals surface area contributed by atoms with E-state index in [1.54, 1.807) is 29.2 Å². The van der Waals surface area contributed by atoms with Crippen LogP contribution in [0.15, 0.2) is 33.5 Å². The number of amides is 1. The number of thioether (sulfide) groups is 1. The maximum atomic E-state index is 13.0. The monoisotopic (exact) mass is 461 g/mol. The zero-order valence-electron chi connectivity index (χ0n) is 17.5. The van der Waals surface area contributed by atoms with Gasteiger partial charge in [-0.15, -0.1) is 11.3 Å². The zero-order valence-corrected chi connectivity index (χ0v) is 19.1. The molecule has 0 atom stereocenters. The number of thiazole rings is 1. The van der Waals surface area contributed by atoms with Crippen LogP contribution in [0, 0.1) is 6.92 Å². The number of hydrogen-bond acceptors (Lipinski definition) is 8. The molecule has 8 nitrogen and oxygen atoms in total. The number of methoxy groups -OCH3 is 1. The van der Waals surface area contributed by atoms with E-state index in [-0.39, 0.29) is 18.9 Å². The molecule has 164 valence electrons. The summed E-state index contributed by atoms with van der Waals surface area (Å²) < 4.78 is 10.9. The van der Waals surface area contributed by atoms with Gasteiger partial charge in [0.05, 0.1) is 30.7 Å². The molecule has 31 heavy (non-hydrogen) atoms. The number of carboxylic acids is 1. The first kappa shape index (κ1) is 22.8. The number of aromatic nitrogens is 1. The first-order valence-electron chi connectivity index (χ1n) is 9.66. The van der Waals surface area contributed by atoms with E-state index in [0.29, 0.717) is 33.2 Å². The highest BCUT2D eigenvalue weighted by atomic mass is 32.2. The van der Waals surface area contributed by atoms with Gasteiger partial charge in [-0.2, -0.15) is 4.99 Å². The summed E-state index contributed by atoms with van der Waals surface area (Å²) in [6.07, 6.45) is 2.49. The Hall–Kier alpha value is -2.85. The molecule has 1 saturated heterocycles. The fourth-order valence-electron chi connectivity index (χ4n) is 2.78. The maximum Gasteiger partial charge on any atom is 0.306 e. The largest absolute Gasteiger partial charge is 0.493 e. The van der Waals surface area contributed by atoms with Gasteiger partial charge in [0.25, 0.3) is 5.91 Å². The third kappa shape index (κ3) is 5.86. The number of aryl methyl sites for hydroxylation is 1. The first-order chi connectivity index (χ1) is 14.9. The molecular weight excluding hydrogens is 438 g/mol. The molecule has 0 radical (unpaired) electrons. The van der Waals surface area contributed by atoms with Crippen molar-refractivity contribution in [3.63, 3.8) is 0 Å². The summed E-state index contributed by atoms with van der Waals surface area (Å²) in [6.45, 7) is 4.54. The van der Waals surface area contributed by atoms with Crippen molar-refractivity contribution >= 4 is 51.4 Å². The highest BCUT2D eigenvalue weighted by Crippen LogP contribution is 2.36. The molecule has 1 fully saturated rings. The van der Waals surface area contributed by atoms with Crippen LogP contribution < -0.4 is 9.47 Å². The lowest BCUT2D eigenvalue weighted by molar-refractivity contribution is -0.137. The summed E-state index contributed by atoms with van der Waals surface area (Å²) in [7, 11) is 1.51. The van der Waals surface area contributed by atoms with E-state index in [9.17, 15) is 9.59 Å². The minimum Gasteiger partial charge on any atom is -0.493 e. The van der Waals surface area contributed by atoms with E-state index in [4.69, 9.17) is 14.6 Å². The molecule has 0 spiro atoms. The molecule has 1 aromatic carbocycles. The molecule has 0 bridgehead atoms. The van der Waals surface area contributed by atoms with E-state index >= 15 is 0 Å². The molecule has 3 rings (SSSR count). The van der Waals surface area contributed by atoms with Crippen LogP contribution in [0.2, 0.25) is 0 Å². The third-order valence-corrected chi connectivity index (χ3v) is 6.05. The van der Waals surface area contributed by atoms with Crippen molar-refractivity contribution < 1.29 is 24.2 Å². The number of carbonyl (C=O) groups excluding carboxylic acids is 1. The Balaban J connectivity index is 1.84. The average molecular weight is 462 g/mol. The van der Waals surface area contributed by atoms with E-state index in [2.05, 4.69) is 9.98 Å². The lowest BCUT2D eigenvalue weighted by atomic mass is 10.2. The van der Waals surface area contributed by atoms with Crippen molar-refractivity contribution in [3.05, 3.63) is 39.7 Å². The van der Waals surface area contributed by atoms with Crippen LogP contribution in [0.3, 0.4) is 0 Å². The first-order valence-corrected chi connectivity index (χ1v) is 11.4. The number of carbonyl (C=O) groups is 2. The summed E-state index contributed by atoms with van der Waals surface area (Å²) in [5.41, 5.74) is 1.66. The third-order valence-electron chi connectivity index (χ3n) is 4.19. The number of nitrogens with zero attached hydrogens (tertiary/aromatic N) is 3. The molecule has 1 aromatic heterocycles. The minimum atomic E-state index is -0.931. The van der Waals surface area contributed by atoms with Crippen LogP contribution in [-0.2, 0) is 9.59 Å². The molecule has 0 aliphatic carbocycles. The van der Waals surface area contributed by atoms with Gasteiger partial charge < -0.3 is 14.6 Å². The highest BCUT2D eigenvalue weighted by molar-refractivity contribution is 8.18. The smallest absolute Gasteiger partial charge is 0.306 e. The topological polar surface area (TPSA) is 101 Å². The van der Waals surface area contributed by atoms with Crippen molar-refractivity contribution in [2.75, 3.05) is 20.3 Å². The lowest BCUT2D eigenvalue weighted by Crippen LogP contribution is -2.29. The van der Waals surface area contributed by atoms with Crippen molar-refractivity contribution in [3.8, 4) is 11.5 Å². The van der Waals surface area contributed by atoms with Crippen LogP contribution >= 0.6 is 23.1 Å². The van der Waals surface area contributed by atoms with Gasteiger partial charge in [0.15, 0.2) is 16.7 Å². The van der Waals surface area contributed by atoms with Gasteiger partial charge in [-0.05, 0) is 48.9 Å². The number of ether oxygens (including phenoxy) is 2. The van der Waals surface area contributed by atoms with E-state index < -0.39 is 5.97 Å². The summed E-state index contributed by atoms with van der Waals surface area (Å²) in [4.78, 5) is 34.8. The van der Waals surface area contributed by atoms with Crippen LogP contribution in [-0.4, -0.2) is 52.3 Å². The second-order valence-corrected chi connectivity index (χ2v) is 8.48. The van der Waals surface area contributed by atoms with Gasteiger partial charge in [-0.3, -0.25) is 14.5 Å². The van der Waals surface area contributed by atoms with Crippen LogP contribution in [0.1, 0.15) is 31.0 Å². The Morgan fingerprint density at radius 3 is 2.81 bits per heavy atom. The van der Waals surface area contributed by atoms with Crippen molar-refractivity contribution in [2.24, 2.45) is 4.99 Å². The number of rotatable bonds is 9. The molecule has 10 heteroatoms. The van der Waals surface area contributed by atoms with Crippen molar-refractivity contribution in [1.82, 2.24) is 9.88 Å². The van der Waals surface area contributed by atoms with Crippen LogP contribution in [0.25, 0.3) is 6.08 Å². The molecular formula is C21H23N3O5S2. The number of aliphatic imine (C=N–C) groups is 1. The fraction of sp³-hybridized carbons (Fsp3) is 0.333. The van der Waals surface area contributed by atoms with Gasteiger partial charge in [-0.1, -0.05) is 13.0 Å². The number of amidine groups is 1. The Morgan fingerprint density at radius 1 is 1.35 bits per heavy atom. The predicted molar refractivity (Wildman–Crippen MR) is 122 cm³/mol. The van der Waals surface area contributed by atoms with Gasteiger partial charge >= 0.3 is 5.97 Å². The lowest BCUT2D eigenvalue weighted by Gasteiger charge is -2.13. The zero-order chi connectivity index (χ0) is 22.4. The minimum absolute atomic E-state index is 0.0441.